The van der Waals surface area contributed by atoms with E-state index in [1.54, 1.807) is 12.5 Å². The number of aryl methyl sites for hydroxylation is 1. The number of hydrogen-bond donors (Lipinski definition) is 0. The minimum absolute atomic E-state index is 0.748. The number of benzene rings is 1. The molecule has 0 spiro atoms. The molecule has 0 saturated heterocycles. The average molecular weight is 210 g/mol. The Labute approximate surface area is 92.8 Å². The molecular weight excluding hydrogens is 200 g/mol. The second kappa shape index (κ2) is 3.45. The van der Waals surface area contributed by atoms with Crippen molar-refractivity contribution in [1.82, 2.24) is 9.97 Å². The van der Waals surface area contributed by atoms with Crippen molar-refractivity contribution in [2.24, 2.45) is 0 Å². The van der Waals surface area contributed by atoms with Gasteiger partial charge in [0, 0.05) is 0 Å². The zero-order valence-electron chi connectivity index (χ0n) is 8.84. The lowest BCUT2D eigenvalue weighted by molar-refractivity contribution is 0.580. The number of para-hydroxylation sites is 1. The fraction of sp³-hybridized carbons (Fsp3) is 0.0769. The number of rotatable bonds is 1. The molecule has 0 atom stereocenters. The number of hydrogen-bond acceptors (Lipinski definition) is 3. The van der Waals surface area contributed by atoms with Gasteiger partial charge in [0.1, 0.15) is 5.69 Å². The van der Waals surface area contributed by atoms with Gasteiger partial charge in [0.2, 0.25) is 0 Å². The number of aromatic nitrogens is 2. The number of nitrogens with zero attached hydrogens (tertiary/aromatic N) is 2. The lowest BCUT2D eigenvalue weighted by atomic mass is 10.2. The van der Waals surface area contributed by atoms with E-state index >= 15 is 0 Å². The highest BCUT2D eigenvalue weighted by Gasteiger charge is 2.05. The fourth-order valence-electron chi connectivity index (χ4n) is 1.72. The first kappa shape index (κ1) is 9.09. The molecule has 3 heteroatoms. The second-order valence-electron chi connectivity index (χ2n) is 3.68. The molecule has 3 aromatic rings. The predicted octanol–water partition coefficient (Wildman–Crippen LogP) is 3.20. The fourth-order valence-corrected chi connectivity index (χ4v) is 1.72. The molecule has 1 aromatic carbocycles. The topological polar surface area (TPSA) is 38.9 Å². The first-order valence-corrected chi connectivity index (χ1v) is 5.11. The smallest absolute Gasteiger partial charge is 0.153 e. The van der Waals surface area contributed by atoms with Crippen molar-refractivity contribution in [2.75, 3.05) is 0 Å². The SMILES string of the molecule is Cc1cccc2ncc(-c3ccco3)nc12. The molecule has 16 heavy (non-hydrogen) atoms. The van der Waals surface area contributed by atoms with Crippen LogP contribution in [-0.4, -0.2) is 9.97 Å². The van der Waals surface area contributed by atoms with E-state index in [0.717, 1.165) is 28.1 Å². The van der Waals surface area contributed by atoms with Gasteiger partial charge in [0.15, 0.2) is 5.76 Å². The Morgan fingerprint density at radius 1 is 1.12 bits per heavy atom. The van der Waals surface area contributed by atoms with Crippen LogP contribution in [0.3, 0.4) is 0 Å². The van der Waals surface area contributed by atoms with Crippen LogP contribution in [0.5, 0.6) is 0 Å². The van der Waals surface area contributed by atoms with Crippen molar-refractivity contribution >= 4 is 11.0 Å². The normalized spacial score (nSPS) is 10.8. The summed E-state index contributed by atoms with van der Waals surface area (Å²) in [5.74, 6) is 0.748. The quantitative estimate of drug-likeness (QED) is 0.619. The maximum Gasteiger partial charge on any atom is 0.153 e. The molecule has 0 N–H and O–H groups in total. The van der Waals surface area contributed by atoms with E-state index in [1.165, 1.54) is 0 Å². The highest BCUT2D eigenvalue weighted by molar-refractivity contribution is 5.79. The predicted molar refractivity (Wildman–Crippen MR) is 62.0 cm³/mol. The Bertz CT molecular complexity index is 629. The first-order valence-electron chi connectivity index (χ1n) is 5.11. The van der Waals surface area contributed by atoms with Crippen LogP contribution in [0.4, 0.5) is 0 Å². The third-order valence-corrected chi connectivity index (χ3v) is 2.55. The van der Waals surface area contributed by atoms with E-state index in [1.807, 2.05) is 37.3 Å². The van der Waals surface area contributed by atoms with Crippen LogP contribution in [0.2, 0.25) is 0 Å². The van der Waals surface area contributed by atoms with Crippen LogP contribution in [0, 0.1) is 6.92 Å². The molecule has 78 valence electrons. The van der Waals surface area contributed by atoms with Gasteiger partial charge >= 0.3 is 0 Å². The minimum Gasteiger partial charge on any atom is -0.463 e. The van der Waals surface area contributed by atoms with Crippen LogP contribution in [0.1, 0.15) is 5.56 Å². The summed E-state index contributed by atoms with van der Waals surface area (Å²) in [6.45, 7) is 2.03. The third kappa shape index (κ3) is 1.37. The summed E-state index contributed by atoms with van der Waals surface area (Å²) in [4.78, 5) is 8.94. The lowest BCUT2D eigenvalue weighted by Crippen LogP contribution is -1.89. The average Bonchev–Trinajstić information content (AvgIpc) is 2.83. The van der Waals surface area contributed by atoms with Crippen LogP contribution < -0.4 is 0 Å². The van der Waals surface area contributed by atoms with Crippen LogP contribution in [0.25, 0.3) is 22.5 Å². The minimum atomic E-state index is 0.748. The summed E-state index contributed by atoms with van der Waals surface area (Å²) in [5, 5.41) is 0. The van der Waals surface area contributed by atoms with Crippen molar-refractivity contribution in [3.05, 3.63) is 48.4 Å². The third-order valence-electron chi connectivity index (χ3n) is 2.55. The maximum absolute atomic E-state index is 5.31. The van der Waals surface area contributed by atoms with Crippen molar-refractivity contribution in [3.63, 3.8) is 0 Å². The molecule has 0 radical (unpaired) electrons. The van der Waals surface area contributed by atoms with Crippen LogP contribution in [0.15, 0.2) is 47.2 Å². The van der Waals surface area contributed by atoms with Crippen molar-refractivity contribution in [3.8, 4) is 11.5 Å². The lowest BCUT2D eigenvalue weighted by Gasteiger charge is -2.02. The molecule has 0 amide bonds. The molecule has 0 saturated carbocycles. The standard InChI is InChI=1S/C13H10N2O/c1-9-4-2-5-10-13(9)15-11(8-14-10)12-6-3-7-16-12/h2-8H,1H3. The molecule has 3 nitrogen and oxygen atoms in total. The Morgan fingerprint density at radius 2 is 2.06 bits per heavy atom. The van der Waals surface area contributed by atoms with E-state index in [0.29, 0.717) is 0 Å². The van der Waals surface area contributed by atoms with Gasteiger partial charge in [-0.15, -0.1) is 0 Å². The Balaban J connectivity index is 2.27. The van der Waals surface area contributed by atoms with Crippen molar-refractivity contribution < 1.29 is 4.42 Å². The van der Waals surface area contributed by atoms with Crippen LogP contribution in [-0.2, 0) is 0 Å². The zero-order valence-corrected chi connectivity index (χ0v) is 8.84. The largest absolute Gasteiger partial charge is 0.463 e. The molecule has 0 aliphatic rings. The summed E-state index contributed by atoms with van der Waals surface area (Å²) < 4.78 is 5.31. The summed E-state index contributed by atoms with van der Waals surface area (Å²) in [6, 6.07) is 9.70. The monoisotopic (exact) mass is 210 g/mol. The van der Waals surface area contributed by atoms with Crippen molar-refractivity contribution in [2.45, 2.75) is 6.92 Å². The molecule has 3 rings (SSSR count). The van der Waals surface area contributed by atoms with Crippen LogP contribution >= 0.6 is 0 Å². The van der Waals surface area contributed by atoms with Gasteiger partial charge < -0.3 is 4.42 Å². The van der Waals surface area contributed by atoms with E-state index in [4.69, 9.17) is 4.42 Å². The molecular formula is C13H10N2O. The number of fused-ring (bicyclic) bond motifs is 1. The maximum atomic E-state index is 5.31. The van der Waals surface area contributed by atoms with Gasteiger partial charge in [0.05, 0.1) is 23.5 Å². The Hall–Kier alpha value is -2.16. The van der Waals surface area contributed by atoms with Gasteiger partial charge in [-0.1, -0.05) is 12.1 Å². The number of furan rings is 1. The summed E-state index contributed by atoms with van der Waals surface area (Å²) in [7, 11) is 0. The highest BCUT2D eigenvalue weighted by atomic mass is 16.3. The molecule has 2 heterocycles. The second-order valence-corrected chi connectivity index (χ2v) is 3.68. The highest BCUT2D eigenvalue weighted by Crippen LogP contribution is 2.20. The summed E-state index contributed by atoms with van der Waals surface area (Å²) >= 11 is 0. The van der Waals surface area contributed by atoms with Gasteiger partial charge in [-0.05, 0) is 30.7 Å². The van der Waals surface area contributed by atoms with Gasteiger partial charge in [-0.3, -0.25) is 4.98 Å². The van der Waals surface area contributed by atoms with Gasteiger partial charge in [-0.2, -0.15) is 0 Å². The molecule has 0 bridgehead atoms. The Morgan fingerprint density at radius 3 is 2.88 bits per heavy atom. The molecule has 0 aliphatic heterocycles. The van der Waals surface area contributed by atoms with E-state index in [2.05, 4.69) is 9.97 Å². The van der Waals surface area contributed by atoms with E-state index < -0.39 is 0 Å². The summed E-state index contributed by atoms with van der Waals surface area (Å²) in [6.07, 6.45) is 3.37. The van der Waals surface area contributed by atoms with Crippen molar-refractivity contribution in [1.29, 1.82) is 0 Å². The first-order chi connectivity index (χ1) is 7.84. The van der Waals surface area contributed by atoms with Gasteiger partial charge in [-0.25, -0.2) is 4.98 Å². The summed E-state index contributed by atoms with van der Waals surface area (Å²) in [5.41, 5.74) is 3.73. The molecule has 0 aliphatic carbocycles. The molecule has 2 aromatic heterocycles. The zero-order chi connectivity index (χ0) is 11.0. The Kier molecular flexibility index (Phi) is 1.96. The molecule has 0 unspecified atom stereocenters. The molecule has 0 fully saturated rings. The van der Waals surface area contributed by atoms with E-state index in [9.17, 15) is 0 Å². The van der Waals surface area contributed by atoms with Gasteiger partial charge in [0.25, 0.3) is 0 Å². The van der Waals surface area contributed by atoms with E-state index in [-0.39, 0.29) is 0 Å².